The number of nitrogens with two attached hydrogens (primary N) is 1. The first-order chi connectivity index (χ1) is 11.6. The Balaban J connectivity index is 1.82. The first-order valence-corrected chi connectivity index (χ1v) is 8.46. The van der Waals surface area contributed by atoms with Gasteiger partial charge in [-0.1, -0.05) is 50.3 Å². The van der Waals surface area contributed by atoms with Crippen molar-refractivity contribution >= 4 is 5.78 Å². The van der Waals surface area contributed by atoms with E-state index in [-0.39, 0.29) is 23.6 Å². The minimum absolute atomic E-state index is 0.105. The number of hydrogen-bond donors (Lipinski definition) is 2. The van der Waals surface area contributed by atoms with Gasteiger partial charge in [-0.3, -0.25) is 9.69 Å². The second kappa shape index (κ2) is 5.88. The van der Waals surface area contributed by atoms with E-state index in [9.17, 15) is 18.7 Å². The third-order valence-corrected chi connectivity index (χ3v) is 5.38. The fourth-order valence-corrected chi connectivity index (χ4v) is 4.24. The summed E-state index contributed by atoms with van der Waals surface area (Å²) < 4.78 is 29.3. The van der Waals surface area contributed by atoms with E-state index in [0.717, 1.165) is 0 Å². The quantitative estimate of drug-likeness (QED) is 0.879. The van der Waals surface area contributed by atoms with Crippen LogP contribution in [0.25, 0.3) is 0 Å². The predicted molar refractivity (Wildman–Crippen MR) is 90.6 cm³/mol. The zero-order valence-corrected chi connectivity index (χ0v) is 14.5. The smallest absolute Gasteiger partial charge is 0.311 e. The largest absolute Gasteiger partial charge is 0.396 e. The van der Waals surface area contributed by atoms with Crippen molar-refractivity contribution in [1.82, 2.24) is 4.90 Å². The van der Waals surface area contributed by atoms with Crippen molar-refractivity contribution in [3.05, 3.63) is 47.7 Å². The summed E-state index contributed by atoms with van der Waals surface area (Å²) in [6, 6.07) is 7.34. The average molecular weight is 350 g/mol. The molecule has 3 rings (SSSR count). The van der Waals surface area contributed by atoms with Crippen molar-refractivity contribution < 1.29 is 18.7 Å². The highest BCUT2D eigenvalue weighted by molar-refractivity contribution is 5.99. The fraction of sp³-hybridized carbons (Fsp3) is 0.526. The molecule has 1 aromatic rings. The van der Waals surface area contributed by atoms with Crippen molar-refractivity contribution in [1.29, 1.82) is 0 Å². The molecule has 1 heterocycles. The second-order valence-corrected chi connectivity index (χ2v) is 7.93. The standard InChI is InChI=1S/C19H24F2N2O2/c1-17(2)11-18(10-14(22)15(17)24)8-9-23(12-18)16(25)19(20,21)13-6-4-3-5-7-13/h3-7,10,16,25H,8-9,11-12,22H2,1-2H3. The number of aliphatic hydroxyl groups is 1. The van der Waals surface area contributed by atoms with Crippen molar-refractivity contribution in [3.63, 3.8) is 0 Å². The van der Waals surface area contributed by atoms with Gasteiger partial charge < -0.3 is 10.8 Å². The Hall–Kier alpha value is -1.79. The monoisotopic (exact) mass is 350 g/mol. The number of aliphatic hydroxyl groups excluding tert-OH is 1. The van der Waals surface area contributed by atoms with Crippen LogP contribution in [0.3, 0.4) is 0 Å². The van der Waals surface area contributed by atoms with Gasteiger partial charge in [-0.05, 0) is 12.8 Å². The molecular formula is C19H24F2N2O2. The number of allylic oxidation sites excluding steroid dienone is 1. The first kappa shape index (κ1) is 18.0. The third kappa shape index (κ3) is 3.09. The van der Waals surface area contributed by atoms with Gasteiger partial charge in [0.15, 0.2) is 12.0 Å². The van der Waals surface area contributed by atoms with Gasteiger partial charge in [0.25, 0.3) is 0 Å². The van der Waals surface area contributed by atoms with Crippen LogP contribution in [-0.2, 0) is 10.7 Å². The van der Waals surface area contributed by atoms with E-state index in [2.05, 4.69) is 0 Å². The van der Waals surface area contributed by atoms with Crippen LogP contribution in [0.15, 0.2) is 42.1 Å². The summed E-state index contributed by atoms with van der Waals surface area (Å²) in [6.45, 7) is 4.24. The van der Waals surface area contributed by atoms with E-state index >= 15 is 0 Å². The molecule has 25 heavy (non-hydrogen) atoms. The molecule has 1 fully saturated rings. The molecule has 1 aliphatic carbocycles. The molecular weight excluding hydrogens is 326 g/mol. The van der Waals surface area contributed by atoms with Crippen LogP contribution in [0.4, 0.5) is 8.78 Å². The molecule has 2 unspecified atom stereocenters. The van der Waals surface area contributed by atoms with Crippen molar-refractivity contribution in [2.24, 2.45) is 16.6 Å². The molecule has 0 saturated carbocycles. The number of alkyl halides is 2. The zero-order valence-electron chi connectivity index (χ0n) is 14.5. The van der Waals surface area contributed by atoms with Gasteiger partial charge in [0.1, 0.15) is 0 Å². The minimum atomic E-state index is -3.37. The first-order valence-electron chi connectivity index (χ1n) is 8.46. The van der Waals surface area contributed by atoms with Gasteiger partial charge >= 0.3 is 5.92 Å². The Kier molecular flexibility index (Phi) is 4.24. The molecule has 2 aliphatic rings. The van der Waals surface area contributed by atoms with Crippen LogP contribution in [-0.4, -0.2) is 35.1 Å². The van der Waals surface area contributed by atoms with Gasteiger partial charge in [0.05, 0.1) is 5.70 Å². The molecule has 136 valence electrons. The number of ketones is 1. The summed E-state index contributed by atoms with van der Waals surface area (Å²) in [6.07, 6.45) is 0.935. The Morgan fingerprint density at radius 1 is 1.28 bits per heavy atom. The number of halogens is 2. The lowest BCUT2D eigenvalue weighted by Crippen LogP contribution is -2.47. The summed E-state index contributed by atoms with van der Waals surface area (Å²) >= 11 is 0. The molecule has 0 amide bonds. The van der Waals surface area contributed by atoms with Crippen LogP contribution in [0.2, 0.25) is 0 Å². The number of likely N-dealkylation sites (tertiary alicyclic amines) is 1. The normalized spacial score (nSPS) is 28.2. The highest BCUT2D eigenvalue weighted by Crippen LogP contribution is 2.48. The number of carbonyl (C=O) groups excluding carboxylic acids is 1. The molecule has 0 radical (unpaired) electrons. The molecule has 3 N–H and O–H groups in total. The molecule has 6 heteroatoms. The van der Waals surface area contributed by atoms with Gasteiger partial charge in [-0.2, -0.15) is 8.78 Å². The zero-order chi connectivity index (χ0) is 18.5. The van der Waals surface area contributed by atoms with E-state index in [4.69, 9.17) is 5.73 Å². The number of nitrogens with zero attached hydrogens (tertiary/aromatic N) is 1. The summed E-state index contributed by atoms with van der Waals surface area (Å²) in [7, 11) is 0. The maximum absolute atomic E-state index is 14.7. The number of benzene rings is 1. The van der Waals surface area contributed by atoms with E-state index in [1.54, 1.807) is 12.1 Å². The lowest BCUT2D eigenvalue weighted by molar-refractivity contribution is -0.178. The van der Waals surface area contributed by atoms with Gasteiger partial charge in [-0.25, -0.2) is 0 Å². The van der Waals surface area contributed by atoms with E-state index in [0.29, 0.717) is 19.4 Å². The van der Waals surface area contributed by atoms with Crippen molar-refractivity contribution in [2.45, 2.75) is 38.8 Å². The van der Waals surface area contributed by atoms with E-state index in [1.165, 1.54) is 29.2 Å². The highest BCUT2D eigenvalue weighted by atomic mass is 19.3. The lowest BCUT2D eigenvalue weighted by Gasteiger charge is -2.40. The number of hydrogen-bond acceptors (Lipinski definition) is 4. The molecule has 1 aromatic carbocycles. The Labute approximate surface area is 146 Å². The van der Waals surface area contributed by atoms with Crippen LogP contribution in [0.1, 0.15) is 32.3 Å². The Bertz CT molecular complexity index is 703. The molecule has 1 aliphatic heterocycles. The summed E-state index contributed by atoms with van der Waals surface area (Å²) in [5.41, 5.74) is 4.80. The van der Waals surface area contributed by atoms with Crippen molar-refractivity contribution in [3.8, 4) is 0 Å². The highest BCUT2D eigenvalue weighted by Gasteiger charge is 2.52. The number of carbonyl (C=O) groups is 1. The summed E-state index contributed by atoms with van der Waals surface area (Å²) in [5.74, 6) is -3.48. The Morgan fingerprint density at radius 2 is 1.92 bits per heavy atom. The third-order valence-electron chi connectivity index (χ3n) is 5.38. The summed E-state index contributed by atoms with van der Waals surface area (Å²) in [4.78, 5) is 13.6. The number of Topliss-reactive ketones (excluding diaryl/α,β-unsaturated/α-hetero) is 1. The van der Waals surface area contributed by atoms with Crippen LogP contribution in [0.5, 0.6) is 0 Å². The van der Waals surface area contributed by atoms with E-state index in [1.807, 2.05) is 13.8 Å². The van der Waals surface area contributed by atoms with Gasteiger partial charge in [0, 0.05) is 29.5 Å². The number of rotatable bonds is 3. The average Bonchev–Trinajstić information content (AvgIpc) is 2.95. The SMILES string of the molecule is CC1(C)CC2(C=C(N)C1=O)CCN(C(O)C(F)(F)c1ccccc1)C2. The second-order valence-electron chi connectivity index (χ2n) is 7.93. The Morgan fingerprint density at radius 3 is 2.52 bits per heavy atom. The maximum atomic E-state index is 14.7. The molecule has 2 atom stereocenters. The molecule has 1 saturated heterocycles. The maximum Gasteiger partial charge on any atom is 0.311 e. The van der Waals surface area contributed by atoms with Crippen molar-refractivity contribution in [2.75, 3.05) is 13.1 Å². The molecule has 4 nitrogen and oxygen atoms in total. The van der Waals surface area contributed by atoms with E-state index < -0.39 is 23.0 Å². The lowest BCUT2D eigenvalue weighted by atomic mass is 9.65. The predicted octanol–water partition coefficient (Wildman–Crippen LogP) is 2.63. The minimum Gasteiger partial charge on any atom is -0.396 e. The van der Waals surface area contributed by atoms with Crippen LogP contribution < -0.4 is 5.73 Å². The topological polar surface area (TPSA) is 66.6 Å². The van der Waals surface area contributed by atoms with Crippen LogP contribution in [0, 0.1) is 10.8 Å². The molecule has 1 spiro atoms. The van der Waals surface area contributed by atoms with Crippen LogP contribution >= 0.6 is 0 Å². The van der Waals surface area contributed by atoms with Gasteiger partial charge in [0.2, 0.25) is 0 Å². The fourth-order valence-electron chi connectivity index (χ4n) is 4.24. The summed E-state index contributed by atoms with van der Waals surface area (Å²) in [5, 5.41) is 10.3. The molecule has 0 aromatic heterocycles. The van der Waals surface area contributed by atoms with Gasteiger partial charge in [-0.15, -0.1) is 0 Å². The molecule has 0 bridgehead atoms.